The maximum atomic E-state index is 11.2. The van der Waals surface area contributed by atoms with Crippen molar-refractivity contribution < 1.29 is 8.42 Å². The Morgan fingerprint density at radius 2 is 2.24 bits per heavy atom. The predicted molar refractivity (Wildman–Crippen MR) is 72.4 cm³/mol. The molecule has 1 fully saturated rings. The maximum Gasteiger partial charge on any atom is 0.148 e. The van der Waals surface area contributed by atoms with Gasteiger partial charge >= 0.3 is 0 Å². The number of sulfone groups is 1. The molecule has 0 amide bonds. The van der Waals surface area contributed by atoms with Crippen molar-refractivity contribution in [1.82, 2.24) is 10.3 Å². The lowest BCUT2D eigenvalue weighted by Gasteiger charge is -2.14. The molecule has 0 spiro atoms. The van der Waals surface area contributed by atoms with Crippen LogP contribution in [-0.2, 0) is 16.4 Å². The van der Waals surface area contributed by atoms with E-state index in [2.05, 4.69) is 10.3 Å². The van der Waals surface area contributed by atoms with Crippen LogP contribution in [0.2, 0.25) is 0 Å². The average Bonchev–Trinajstić information content (AvgIpc) is 2.72. The summed E-state index contributed by atoms with van der Waals surface area (Å²) in [5.74, 6) is 0.310. The van der Waals surface area contributed by atoms with Gasteiger partial charge in [-0.1, -0.05) is 0 Å². The van der Waals surface area contributed by atoms with Gasteiger partial charge in [-0.3, -0.25) is 0 Å². The number of nitrogens with zero attached hydrogens (tertiary/aromatic N) is 1. The number of rotatable bonds is 6. The van der Waals surface area contributed by atoms with E-state index in [0.717, 1.165) is 31.6 Å². The third-order valence-electron chi connectivity index (χ3n) is 2.82. The van der Waals surface area contributed by atoms with Gasteiger partial charge in [0.15, 0.2) is 0 Å². The van der Waals surface area contributed by atoms with Crippen LogP contribution in [0, 0.1) is 5.41 Å². The lowest BCUT2D eigenvalue weighted by atomic mass is 10.1. The molecule has 0 saturated heterocycles. The quantitative estimate of drug-likeness (QED) is 0.864. The van der Waals surface area contributed by atoms with E-state index in [1.165, 1.54) is 6.26 Å². The topological polar surface area (TPSA) is 59.1 Å². The molecule has 0 aliphatic heterocycles. The zero-order valence-corrected chi connectivity index (χ0v) is 12.1. The molecule has 1 N–H and O–H groups in total. The Bertz CT molecular complexity index is 441. The Kier molecular flexibility index (Phi) is 4.95. The maximum absolute atomic E-state index is 11.2. The van der Waals surface area contributed by atoms with Gasteiger partial charge in [0.05, 0.1) is 17.0 Å². The molecule has 0 radical (unpaired) electrons. The second-order valence-corrected chi connectivity index (χ2v) is 7.51. The first-order chi connectivity index (χ1) is 7.49. The number of nitrogens with one attached hydrogen (secondary N) is 1. The molecule has 0 unspecified atom stereocenters. The molecule has 1 aliphatic rings. The minimum atomic E-state index is -2.86. The fourth-order valence-electron chi connectivity index (χ4n) is 1.89. The summed E-state index contributed by atoms with van der Waals surface area (Å²) in [6.45, 7) is 1.51. The molecular weight excluding hydrogens is 280 g/mol. The Morgan fingerprint density at radius 1 is 1.53 bits per heavy atom. The highest BCUT2D eigenvalue weighted by atomic mass is 35.5. The summed E-state index contributed by atoms with van der Waals surface area (Å²) in [4.78, 5) is 4.17. The molecule has 98 valence electrons. The van der Waals surface area contributed by atoms with Gasteiger partial charge in [-0.2, -0.15) is 0 Å². The van der Waals surface area contributed by atoms with E-state index in [1.807, 2.05) is 5.38 Å². The Morgan fingerprint density at radius 3 is 2.71 bits per heavy atom. The molecule has 1 aromatic rings. The van der Waals surface area contributed by atoms with Crippen molar-refractivity contribution in [2.75, 3.05) is 18.6 Å². The van der Waals surface area contributed by atoms with Crippen LogP contribution in [0.25, 0.3) is 0 Å². The van der Waals surface area contributed by atoms with Gasteiger partial charge in [0, 0.05) is 24.7 Å². The molecule has 2 rings (SSSR count). The lowest BCUT2D eigenvalue weighted by molar-refractivity contribution is 0.490. The predicted octanol–water partition coefficient (Wildman–Crippen LogP) is 1.48. The van der Waals surface area contributed by atoms with E-state index in [4.69, 9.17) is 0 Å². The van der Waals surface area contributed by atoms with Crippen LogP contribution in [0.4, 0.5) is 0 Å². The van der Waals surface area contributed by atoms with Crippen molar-refractivity contribution in [2.45, 2.75) is 19.4 Å². The van der Waals surface area contributed by atoms with Crippen molar-refractivity contribution >= 4 is 33.6 Å². The fraction of sp³-hybridized carbons (Fsp3) is 0.700. The summed E-state index contributed by atoms with van der Waals surface area (Å²) in [5, 5.41) is 5.30. The molecule has 0 atom stereocenters. The molecule has 4 nitrogen and oxygen atoms in total. The second kappa shape index (κ2) is 5.65. The van der Waals surface area contributed by atoms with E-state index in [1.54, 1.807) is 16.8 Å². The molecule has 0 aromatic carbocycles. The van der Waals surface area contributed by atoms with E-state index in [-0.39, 0.29) is 17.8 Å². The van der Waals surface area contributed by atoms with Crippen LogP contribution in [-0.4, -0.2) is 32.0 Å². The summed E-state index contributed by atoms with van der Waals surface area (Å²) in [7, 11) is -2.86. The highest BCUT2D eigenvalue weighted by Crippen LogP contribution is 2.46. The number of hydrogen-bond donors (Lipinski definition) is 1. The van der Waals surface area contributed by atoms with Gasteiger partial charge in [0.1, 0.15) is 9.84 Å². The van der Waals surface area contributed by atoms with Gasteiger partial charge < -0.3 is 5.32 Å². The normalized spacial score (nSPS) is 17.5. The molecule has 1 aromatic heterocycles. The average molecular weight is 297 g/mol. The van der Waals surface area contributed by atoms with Crippen LogP contribution in [0.5, 0.6) is 0 Å². The molecule has 17 heavy (non-hydrogen) atoms. The fourth-order valence-corrected chi connectivity index (χ4v) is 3.95. The van der Waals surface area contributed by atoms with Crippen molar-refractivity contribution in [2.24, 2.45) is 5.41 Å². The van der Waals surface area contributed by atoms with Crippen LogP contribution in [0.15, 0.2) is 10.9 Å². The Hall–Kier alpha value is -0.170. The van der Waals surface area contributed by atoms with Gasteiger partial charge in [-0.15, -0.1) is 23.7 Å². The number of hydrogen-bond acceptors (Lipinski definition) is 5. The van der Waals surface area contributed by atoms with Crippen molar-refractivity contribution in [3.8, 4) is 0 Å². The van der Waals surface area contributed by atoms with Crippen molar-refractivity contribution in [3.63, 3.8) is 0 Å². The summed E-state index contributed by atoms with van der Waals surface area (Å²) < 4.78 is 22.5. The van der Waals surface area contributed by atoms with Gasteiger partial charge in [0.25, 0.3) is 0 Å². The standard InChI is InChI=1S/C10H16N2O2S2.ClH/c1-16(13,14)7-10(2-3-10)6-11-4-9-5-15-8-12-9;/h5,8,11H,2-4,6-7H2,1H3;1H. The van der Waals surface area contributed by atoms with Crippen molar-refractivity contribution in [1.29, 1.82) is 0 Å². The first-order valence-electron chi connectivity index (χ1n) is 5.25. The summed E-state index contributed by atoms with van der Waals surface area (Å²) in [6, 6.07) is 0. The number of aromatic nitrogens is 1. The van der Waals surface area contributed by atoms with Crippen molar-refractivity contribution in [3.05, 3.63) is 16.6 Å². The van der Waals surface area contributed by atoms with E-state index < -0.39 is 9.84 Å². The zero-order chi connectivity index (χ0) is 11.6. The largest absolute Gasteiger partial charge is 0.311 e. The molecule has 0 bridgehead atoms. The molecule has 1 heterocycles. The van der Waals surface area contributed by atoms with Crippen LogP contribution >= 0.6 is 23.7 Å². The first-order valence-corrected chi connectivity index (χ1v) is 8.25. The summed E-state index contributed by atoms with van der Waals surface area (Å²) in [5.41, 5.74) is 2.84. The van der Waals surface area contributed by atoms with Gasteiger partial charge in [-0.05, 0) is 18.3 Å². The highest BCUT2D eigenvalue weighted by molar-refractivity contribution is 7.90. The monoisotopic (exact) mass is 296 g/mol. The molecule has 7 heteroatoms. The number of thiazole rings is 1. The number of halogens is 1. The molecule has 1 aliphatic carbocycles. The lowest BCUT2D eigenvalue weighted by Crippen LogP contribution is -2.29. The SMILES string of the molecule is CS(=O)(=O)CC1(CNCc2cscn2)CC1.Cl. The third-order valence-corrected chi connectivity index (χ3v) is 4.59. The van der Waals surface area contributed by atoms with E-state index in [9.17, 15) is 8.42 Å². The Balaban J connectivity index is 0.00000144. The molecular formula is C10H17ClN2O2S2. The summed E-state index contributed by atoms with van der Waals surface area (Å²) >= 11 is 1.58. The van der Waals surface area contributed by atoms with Crippen LogP contribution in [0.1, 0.15) is 18.5 Å². The Labute approximate surface area is 112 Å². The second-order valence-electron chi connectivity index (χ2n) is 4.65. The smallest absolute Gasteiger partial charge is 0.148 e. The zero-order valence-electron chi connectivity index (χ0n) is 9.68. The van der Waals surface area contributed by atoms with Crippen LogP contribution in [0.3, 0.4) is 0 Å². The first kappa shape index (κ1) is 14.9. The third kappa shape index (κ3) is 4.91. The van der Waals surface area contributed by atoms with E-state index >= 15 is 0 Å². The van der Waals surface area contributed by atoms with Crippen LogP contribution < -0.4 is 5.32 Å². The highest BCUT2D eigenvalue weighted by Gasteiger charge is 2.44. The van der Waals surface area contributed by atoms with Gasteiger partial charge in [-0.25, -0.2) is 13.4 Å². The minimum absolute atomic E-state index is 0. The van der Waals surface area contributed by atoms with Gasteiger partial charge in [0.2, 0.25) is 0 Å². The minimum Gasteiger partial charge on any atom is -0.311 e. The molecule has 1 saturated carbocycles. The van der Waals surface area contributed by atoms with E-state index in [0.29, 0.717) is 5.75 Å². The summed E-state index contributed by atoms with van der Waals surface area (Å²) in [6.07, 6.45) is 3.35.